The first-order valence-electron chi connectivity index (χ1n) is 6.29. The SMILES string of the molecule is O=C(CSc1nncn1C1CC1)Nc1ccc(C(=O)O)s1. The van der Waals surface area contributed by atoms with Crippen molar-refractivity contribution in [2.24, 2.45) is 0 Å². The molecule has 1 fully saturated rings. The van der Waals surface area contributed by atoms with Crippen LogP contribution in [0.3, 0.4) is 0 Å². The van der Waals surface area contributed by atoms with Crippen molar-refractivity contribution in [3.63, 3.8) is 0 Å². The van der Waals surface area contributed by atoms with Gasteiger partial charge in [-0.15, -0.1) is 21.5 Å². The van der Waals surface area contributed by atoms with Crippen LogP contribution >= 0.6 is 23.1 Å². The Kier molecular flexibility index (Phi) is 3.93. The molecule has 0 unspecified atom stereocenters. The number of carboxylic acids is 1. The van der Waals surface area contributed by atoms with Crippen LogP contribution < -0.4 is 5.32 Å². The lowest BCUT2D eigenvalue weighted by atomic mass is 10.5. The molecule has 3 rings (SSSR count). The van der Waals surface area contributed by atoms with Crippen LogP contribution in [0.4, 0.5) is 5.00 Å². The first kappa shape index (κ1) is 14.1. The summed E-state index contributed by atoms with van der Waals surface area (Å²) in [4.78, 5) is 22.8. The largest absolute Gasteiger partial charge is 0.477 e. The fourth-order valence-corrected chi connectivity index (χ4v) is 3.31. The number of aromatic nitrogens is 3. The minimum absolute atomic E-state index is 0.191. The van der Waals surface area contributed by atoms with Crippen LogP contribution in [0.2, 0.25) is 0 Å². The number of thiophene rings is 1. The summed E-state index contributed by atoms with van der Waals surface area (Å²) in [5.74, 6) is -0.970. The predicted molar refractivity (Wildman–Crippen MR) is 78.9 cm³/mol. The standard InChI is InChI=1S/C12H12N4O3S2/c17-9(14-10-4-3-8(21-10)11(18)19)5-20-12-15-13-6-16(12)7-1-2-7/h3-4,6-7H,1-2,5H2,(H,14,17)(H,18,19). The number of amides is 1. The zero-order valence-electron chi connectivity index (χ0n) is 10.9. The molecular formula is C12H12N4O3S2. The number of hydrogen-bond acceptors (Lipinski definition) is 6. The molecule has 1 aliphatic rings. The van der Waals surface area contributed by atoms with Crippen LogP contribution in [0.5, 0.6) is 0 Å². The lowest BCUT2D eigenvalue weighted by molar-refractivity contribution is -0.113. The third-order valence-corrected chi connectivity index (χ3v) is 4.84. The van der Waals surface area contributed by atoms with Crippen LogP contribution in [0.1, 0.15) is 28.6 Å². The second kappa shape index (κ2) is 5.86. The van der Waals surface area contributed by atoms with E-state index in [9.17, 15) is 9.59 Å². The van der Waals surface area contributed by atoms with Gasteiger partial charge >= 0.3 is 5.97 Å². The number of carbonyl (C=O) groups excluding carboxylic acids is 1. The summed E-state index contributed by atoms with van der Waals surface area (Å²) in [6.07, 6.45) is 3.95. The first-order valence-corrected chi connectivity index (χ1v) is 8.09. The topological polar surface area (TPSA) is 97.1 Å². The molecule has 2 aromatic rings. The molecular weight excluding hydrogens is 312 g/mol. The van der Waals surface area contributed by atoms with Crippen LogP contribution in [0, 0.1) is 0 Å². The average molecular weight is 324 g/mol. The van der Waals surface area contributed by atoms with Gasteiger partial charge in [0.25, 0.3) is 0 Å². The van der Waals surface area contributed by atoms with Crippen LogP contribution in [0.25, 0.3) is 0 Å². The molecule has 1 saturated carbocycles. The highest BCUT2D eigenvalue weighted by Gasteiger charge is 2.26. The summed E-state index contributed by atoms with van der Waals surface area (Å²) in [5, 5.41) is 20.6. The number of carboxylic acid groups (broad SMARTS) is 1. The summed E-state index contributed by atoms with van der Waals surface area (Å²) < 4.78 is 1.99. The third kappa shape index (κ3) is 3.42. The molecule has 0 aromatic carbocycles. The molecule has 2 N–H and O–H groups in total. The summed E-state index contributed by atoms with van der Waals surface area (Å²) in [7, 11) is 0. The van der Waals surface area contributed by atoms with Gasteiger partial charge in [0.1, 0.15) is 11.2 Å². The highest BCUT2D eigenvalue weighted by Crippen LogP contribution is 2.37. The summed E-state index contributed by atoms with van der Waals surface area (Å²) >= 11 is 2.36. The van der Waals surface area contributed by atoms with Crippen molar-refractivity contribution < 1.29 is 14.7 Å². The molecule has 0 aliphatic heterocycles. The number of anilines is 1. The molecule has 0 spiro atoms. The Labute approximate surface area is 128 Å². The quantitative estimate of drug-likeness (QED) is 0.790. The highest BCUT2D eigenvalue weighted by atomic mass is 32.2. The van der Waals surface area contributed by atoms with E-state index in [1.165, 1.54) is 17.8 Å². The van der Waals surface area contributed by atoms with Gasteiger partial charge in [-0.1, -0.05) is 11.8 Å². The number of carbonyl (C=O) groups is 2. The van der Waals surface area contributed by atoms with Gasteiger partial charge in [-0.25, -0.2) is 4.79 Å². The lowest BCUT2D eigenvalue weighted by Gasteiger charge is -2.04. The van der Waals surface area contributed by atoms with Crippen molar-refractivity contribution in [3.8, 4) is 0 Å². The van der Waals surface area contributed by atoms with E-state index in [4.69, 9.17) is 5.11 Å². The van der Waals surface area contributed by atoms with Crippen molar-refractivity contribution in [1.29, 1.82) is 0 Å². The van der Waals surface area contributed by atoms with Gasteiger partial charge in [0.2, 0.25) is 5.91 Å². The summed E-state index contributed by atoms with van der Waals surface area (Å²) in [6.45, 7) is 0. The van der Waals surface area contributed by atoms with E-state index in [1.807, 2.05) is 4.57 Å². The molecule has 0 saturated heterocycles. The van der Waals surface area contributed by atoms with Crippen LogP contribution in [0.15, 0.2) is 23.6 Å². The minimum Gasteiger partial charge on any atom is -0.477 e. The molecule has 9 heteroatoms. The second-order valence-corrected chi connectivity index (χ2v) is 6.58. The Bertz CT molecular complexity index is 678. The lowest BCUT2D eigenvalue weighted by Crippen LogP contribution is -2.13. The predicted octanol–water partition coefficient (Wildman–Crippen LogP) is 2.10. The number of thioether (sulfide) groups is 1. The van der Waals surface area contributed by atoms with E-state index in [-0.39, 0.29) is 16.5 Å². The molecule has 21 heavy (non-hydrogen) atoms. The first-order chi connectivity index (χ1) is 10.1. The van der Waals surface area contributed by atoms with E-state index in [2.05, 4.69) is 15.5 Å². The maximum Gasteiger partial charge on any atom is 0.345 e. The Morgan fingerprint density at radius 1 is 1.48 bits per heavy atom. The van der Waals surface area contributed by atoms with E-state index in [0.717, 1.165) is 29.3 Å². The molecule has 7 nitrogen and oxygen atoms in total. The number of hydrogen-bond donors (Lipinski definition) is 2. The smallest absolute Gasteiger partial charge is 0.345 e. The van der Waals surface area contributed by atoms with Crippen molar-refractivity contribution >= 4 is 40.0 Å². The van der Waals surface area contributed by atoms with Gasteiger partial charge in [0.15, 0.2) is 5.16 Å². The van der Waals surface area contributed by atoms with Gasteiger partial charge in [-0.05, 0) is 25.0 Å². The van der Waals surface area contributed by atoms with E-state index >= 15 is 0 Å². The monoisotopic (exact) mass is 324 g/mol. The molecule has 2 heterocycles. The van der Waals surface area contributed by atoms with Crippen molar-refractivity contribution in [3.05, 3.63) is 23.3 Å². The van der Waals surface area contributed by atoms with Crippen molar-refractivity contribution in [1.82, 2.24) is 14.8 Å². The molecule has 0 bridgehead atoms. The molecule has 2 aromatic heterocycles. The minimum atomic E-state index is -0.993. The highest BCUT2D eigenvalue weighted by molar-refractivity contribution is 7.99. The average Bonchev–Trinajstić information content (AvgIpc) is 3.00. The maximum atomic E-state index is 11.9. The summed E-state index contributed by atoms with van der Waals surface area (Å²) in [6, 6.07) is 3.53. The van der Waals surface area contributed by atoms with Gasteiger partial charge in [-0.3, -0.25) is 4.79 Å². The molecule has 1 aliphatic carbocycles. The van der Waals surface area contributed by atoms with Crippen molar-refractivity contribution in [2.45, 2.75) is 24.0 Å². The number of nitrogens with one attached hydrogen (secondary N) is 1. The van der Waals surface area contributed by atoms with Gasteiger partial charge in [-0.2, -0.15) is 0 Å². The van der Waals surface area contributed by atoms with E-state index in [1.54, 1.807) is 12.4 Å². The Morgan fingerprint density at radius 2 is 2.29 bits per heavy atom. The van der Waals surface area contributed by atoms with Crippen molar-refractivity contribution in [2.75, 3.05) is 11.1 Å². The molecule has 0 radical (unpaired) electrons. The maximum absolute atomic E-state index is 11.9. The number of aromatic carboxylic acids is 1. The third-order valence-electron chi connectivity index (χ3n) is 2.89. The van der Waals surface area contributed by atoms with Gasteiger partial charge < -0.3 is 15.0 Å². The number of nitrogens with zero attached hydrogens (tertiary/aromatic N) is 3. The van der Waals surface area contributed by atoms with Crippen LogP contribution in [-0.4, -0.2) is 37.5 Å². The second-order valence-electron chi connectivity index (χ2n) is 4.56. The number of rotatable bonds is 6. The summed E-state index contributed by atoms with van der Waals surface area (Å²) in [5.41, 5.74) is 0. The van der Waals surface area contributed by atoms with E-state index < -0.39 is 5.97 Å². The Hall–Kier alpha value is -1.87. The zero-order chi connectivity index (χ0) is 14.8. The van der Waals surface area contributed by atoms with Crippen LogP contribution in [-0.2, 0) is 4.79 Å². The zero-order valence-corrected chi connectivity index (χ0v) is 12.5. The molecule has 110 valence electrons. The molecule has 1 amide bonds. The Balaban J connectivity index is 1.54. The fourth-order valence-electron chi connectivity index (χ4n) is 1.76. The van der Waals surface area contributed by atoms with Gasteiger partial charge in [0.05, 0.1) is 10.8 Å². The van der Waals surface area contributed by atoms with Gasteiger partial charge in [0, 0.05) is 6.04 Å². The fraction of sp³-hybridized carbons (Fsp3) is 0.333. The van der Waals surface area contributed by atoms with E-state index in [0.29, 0.717) is 11.0 Å². The Morgan fingerprint density at radius 3 is 2.95 bits per heavy atom. The normalized spacial score (nSPS) is 14.1. The molecule has 0 atom stereocenters.